The molecule has 0 radical (unpaired) electrons. The van der Waals surface area contributed by atoms with Gasteiger partial charge in [0.15, 0.2) is 5.76 Å². The molecule has 7 nitrogen and oxygen atoms in total. The molecule has 1 aliphatic carbocycles. The summed E-state index contributed by atoms with van der Waals surface area (Å²) in [4.78, 5) is 12.6. The highest BCUT2D eigenvalue weighted by atomic mass is 32.2. The second-order valence-corrected chi connectivity index (χ2v) is 10.4. The smallest absolute Gasteiger partial charge is 0.301 e. The van der Waals surface area contributed by atoms with Crippen LogP contribution in [-0.2, 0) is 26.0 Å². The molecule has 0 fully saturated rings. The van der Waals surface area contributed by atoms with Crippen molar-refractivity contribution < 1.29 is 27.1 Å². The minimum Gasteiger partial charge on any atom is -0.464 e. The van der Waals surface area contributed by atoms with Crippen LogP contribution in [0.5, 0.6) is 0 Å². The van der Waals surface area contributed by atoms with Gasteiger partial charge >= 0.3 is 10.0 Å². The van der Waals surface area contributed by atoms with Gasteiger partial charge in [-0.1, -0.05) is 48.6 Å². The Bertz CT molecular complexity index is 1360. The molecule has 1 N–H and O–H groups in total. The zero-order valence-electron chi connectivity index (χ0n) is 20.0. The van der Waals surface area contributed by atoms with Crippen molar-refractivity contribution in [3.05, 3.63) is 113 Å². The molecule has 188 valence electrons. The third-order valence-electron chi connectivity index (χ3n) is 5.50. The molecule has 0 bridgehead atoms. The van der Waals surface area contributed by atoms with E-state index in [4.69, 9.17) is 9.47 Å². The van der Waals surface area contributed by atoms with E-state index in [1.165, 1.54) is 18.4 Å². The van der Waals surface area contributed by atoms with E-state index in [1.807, 2.05) is 24.3 Å². The summed E-state index contributed by atoms with van der Waals surface area (Å²) < 4.78 is 54.5. The molecule has 0 spiro atoms. The van der Waals surface area contributed by atoms with Crippen molar-refractivity contribution in [3.63, 3.8) is 0 Å². The summed E-state index contributed by atoms with van der Waals surface area (Å²) in [5.74, 6) is -1.09. The molecular weight excluding hydrogens is 483 g/mol. The number of anilines is 1. The monoisotopic (exact) mass is 510 g/mol. The standard InChI is InChI=1S/C27H27FN2O5S/c1-19(2)29-27(31)23-15-22(13-14-24(23)28)30(16-20-9-5-3-6-10-20)36(32,33)26-18-34-17-25(35-26)21-11-7-4-8-12-21/h3-7,9-11,13-15,17-19H,8,12,16H2,1-2H3,(H,29,31). The lowest BCUT2D eigenvalue weighted by molar-refractivity contribution is 0.0939. The molecular formula is C27H27FN2O5S. The fraction of sp³-hybridized carbons (Fsp3) is 0.222. The van der Waals surface area contributed by atoms with E-state index in [9.17, 15) is 17.6 Å². The molecule has 2 aromatic rings. The Morgan fingerprint density at radius 3 is 2.61 bits per heavy atom. The lowest BCUT2D eigenvalue weighted by Crippen LogP contribution is -2.34. The minimum absolute atomic E-state index is 0.0781. The Morgan fingerprint density at radius 2 is 1.92 bits per heavy atom. The van der Waals surface area contributed by atoms with Gasteiger partial charge in [-0.3, -0.25) is 9.10 Å². The first-order valence-electron chi connectivity index (χ1n) is 11.5. The lowest BCUT2D eigenvalue weighted by atomic mass is 10.0. The maximum atomic E-state index is 14.6. The maximum absolute atomic E-state index is 14.6. The summed E-state index contributed by atoms with van der Waals surface area (Å²) in [6, 6.07) is 12.3. The van der Waals surface area contributed by atoms with Gasteiger partial charge in [-0.25, -0.2) is 4.39 Å². The third-order valence-corrected chi connectivity index (χ3v) is 7.10. The van der Waals surface area contributed by atoms with E-state index in [0.717, 1.165) is 28.6 Å². The number of nitrogens with zero attached hydrogens (tertiary/aromatic N) is 1. The summed E-state index contributed by atoms with van der Waals surface area (Å²) in [7, 11) is -4.32. The van der Waals surface area contributed by atoms with Gasteiger partial charge in [-0.15, -0.1) is 0 Å². The SMILES string of the molecule is CC(C)NC(=O)c1cc(N(Cc2ccccc2)S(=O)(=O)C2=COC=C(C3=CC=CCC3)O2)ccc1F. The topological polar surface area (TPSA) is 84.9 Å². The van der Waals surface area contributed by atoms with Crippen LogP contribution in [0, 0.1) is 5.82 Å². The van der Waals surface area contributed by atoms with Gasteiger partial charge in [0.2, 0.25) is 0 Å². The van der Waals surface area contributed by atoms with Gasteiger partial charge in [0, 0.05) is 6.04 Å². The molecule has 0 saturated carbocycles. The van der Waals surface area contributed by atoms with E-state index in [2.05, 4.69) is 5.32 Å². The second kappa shape index (κ2) is 10.8. The first-order chi connectivity index (χ1) is 17.3. The predicted octanol–water partition coefficient (Wildman–Crippen LogP) is 5.26. The zero-order valence-corrected chi connectivity index (χ0v) is 20.8. The average Bonchev–Trinajstić information content (AvgIpc) is 2.88. The van der Waals surface area contributed by atoms with Crippen LogP contribution in [0.4, 0.5) is 10.1 Å². The number of amides is 1. The molecule has 0 aromatic heterocycles. The van der Waals surface area contributed by atoms with E-state index in [1.54, 1.807) is 38.1 Å². The zero-order chi connectivity index (χ0) is 25.7. The van der Waals surface area contributed by atoms with Crippen molar-refractivity contribution >= 4 is 21.6 Å². The molecule has 1 aliphatic heterocycles. The second-order valence-electron chi connectivity index (χ2n) is 8.61. The number of hydrogen-bond donors (Lipinski definition) is 1. The molecule has 0 saturated heterocycles. The number of carbonyl (C=O) groups is 1. The fourth-order valence-electron chi connectivity index (χ4n) is 3.73. The van der Waals surface area contributed by atoms with Crippen LogP contribution in [-0.4, -0.2) is 20.4 Å². The van der Waals surface area contributed by atoms with Crippen LogP contribution in [0.15, 0.2) is 95.7 Å². The molecule has 36 heavy (non-hydrogen) atoms. The number of rotatable bonds is 8. The van der Waals surface area contributed by atoms with E-state index < -0.39 is 26.8 Å². The van der Waals surface area contributed by atoms with Crippen molar-refractivity contribution in [1.29, 1.82) is 0 Å². The highest BCUT2D eigenvalue weighted by Crippen LogP contribution is 2.33. The Labute approximate surface area is 210 Å². The van der Waals surface area contributed by atoms with Crippen LogP contribution in [0.3, 0.4) is 0 Å². The molecule has 0 atom stereocenters. The molecule has 2 aromatic carbocycles. The van der Waals surface area contributed by atoms with Crippen LogP contribution < -0.4 is 9.62 Å². The quantitative estimate of drug-likeness (QED) is 0.523. The predicted molar refractivity (Wildman–Crippen MR) is 135 cm³/mol. The first kappa shape index (κ1) is 25.2. The van der Waals surface area contributed by atoms with Crippen molar-refractivity contribution in [1.82, 2.24) is 5.32 Å². The Balaban J connectivity index is 1.72. The van der Waals surface area contributed by atoms with Gasteiger partial charge in [0.25, 0.3) is 11.0 Å². The fourth-order valence-corrected chi connectivity index (χ4v) is 5.03. The Kier molecular flexibility index (Phi) is 7.59. The van der Waals surface area contributed by atoms with Crippen LogP contribution in [0.25, 0.3) is 0 Å². The van der Waals surface area contributed by atoms with E-state index in [-0.39, 0.29) is 23.8 Å². The molecule has 4 rings (SSSR count). The van der Waals surface area contributed by atoms with Crippen molar-refractivity contribution in [2.75, 3.05) is 4.31 Å². The Morgan fingerprint density at radius 1 is 1.14 bits per heavy atom. The van der Waals surface area contributed by atoms with Gasteiger partial charge in [-0.05, 0) is 56.0 Å². The van der Waals surface area contributed by atoms with Crippen LogP contribution in [0.2, 0.25) is 0 Å². The molecule has 1 amide bonds. The number of allylic oxidation sites excluding steroid dienone is 4. The van der Waals surface area contributed by atoms with Crippen LogP contribution >= 0.6 is 0 Å². The largest absolute Gasteiger partial charge is 0.464 e. The van der Waals surface area contributed by atoms with Gasteiger partial charge in [0.05, 0.1) is 17.8 Å². The number of ether oxygens (including phenoxy) is 2. The summed E-state index contributed by atoms with van der Waals surface area (Å²) in [6.07, 6.45) is 9.58. The molecule has 0 unspecified atom stereocenters. The normalized spacial score (nSPS) is 15.3. The summed E-state index contributed by atoms with van der Waals surface area (Å²) >= 11 is 0. The summed E-state index contributed by atoms with van der Waals surface area (Å²) in [5, 5.41) is 2.22. The van der Waals surface area contributed by atoms with Crippen molar-refractivity contribution in [3.8, 4) is 0 Å². The van der Waals surface area contributed by atoms with Crippen LogP contribution in [0.1, 0.15) is 42.6 Å². The van der Waals surface area contributed by atoms with E-state index in [0.29, 0.717) is 17.7 Å². The number of sulfonamides is 1. The summed E-state index contributed by atoms with van der Waals surface area (Å²) in [5.41, 5.74) is 1.34. The number of carbonyl (C=O) groups excluding carboxylic acids is 1. The maximum Gasteiger partial charge on any atom is 0.301 e. The molecule has 9 heteroatoms. The van der Waals surface area contributed by atoms with Crippen molar-refractivity contribution in [2.45, 2.75) is 39.3 Å². The highest BCUT2D eigenvalue weighted by molar-refractivity contribution is 7.96. The number of halogens is 1. The Hall–Kier alpha value is -3.85. The number of benzene rings is 2. The molecule has 2 aliphatic rings. The third kappa shape index (κ3) is 5.68. The molecule has 1 heterocycles. The van der Waals surface area contributed by atoms with Gasteiger partial charge < -0.3 is 14.8 Å². The van der Waals surface area contributed by atoms with Gasteiger partial charge in [-0.2, -0.15) is 8.42 Å². The average molecular weight is 511 g/mol. The van der Waals surface area contributed by atoms with Crippen molar-refractivity contribution in [2.24, 2.45) is 0 Å². The summed E-state index contributed by atoms with van der Waals surface area (Å²) in [6.45, 7) is 3.42. The number of nitrogens with one attached hydrogen (secondary N) is 1. The minimum atomic E-state index is -4.32. The lowest BCUT2D eigenvalue weighted by Gasteiger charge is -2.27. The highest BCUT2D eigenvalue weighted by Gasteiger charge is 2.33. The number of hydrogen-bond acceptors (Lipinski definition) is 5. The van der Waals surface area contributed by atoms with Gasteiger partial charge in [0.1, 0.15) is 18.3 Å². The first-order valence-corrected chi connectivity index (χ1v) is 13.0. The van der Waals surface area contributed by atoms with E-state index >= 15 is 0 Å².